The predicted molar refractivity (Wildman–Crippen MR) is 90.5 cm³/mol. The van der Waals surface area contributed by atoms with Crippen LogP contribution in [0.5, 0.6) is 0 Å². The molecule has 2 amide bonds. The fraction of sp³-hybridized carbons (Fsp3) is 0.333. The number of aromatic nitrogens is 2. The van der Waals surface area contributed by atoms with E-state index in [1.165, 1.54) is 6.20 Å². The van der Waals surface area contributed by atoms with Gasteiger partial charge in [0.25, 0.3) is 5.91 Å². The predicted octanol–water partition coefficient (Wildman–Crippen LogP) is 1.18. The van der Waals surface area contributed by atoms with Crippen molar-refractivity contribution >= 4 is 11.8 Å². The number of nitrogens with zero attached hydrogens (tertiary/aromatic N) is 4. The van der Waals surface area contributed by atoms with E-state index in [9.17, 15) is 9.59 Å². The Kier molecular flexibility index (Phi) is 5.09. The molecule has 2 heterocycles. The van der Waals surface area contributed by atoms with Gasteiger partial charge in [0.05, 0.1) is 0 Å². The first-order valence-electron chi connectivity index (χ1n) is 8.22. The molecule has 1 aliphatic heterocycles. The van der Waals surface area contributed by atoms with Crippen LogP contribution in [0.3, 0.4) is 0 Å². The molecule has 3 rings (SSSR count). The molecule has 0 radical (unpaired) electrons. The zero-order chi connectivity index (χ0) is 17.6. The molecule has 1 fully saturated rings. The van der Waals surface area contributed by atoms with Crippen LogP contribution in [0.1, 0.15) is 29.0 Å². The van der Waals surface area contributed by atoms with Gasteiger partial charge < -0.3 is 14.8 Å². The topological polar surface area (TPSA) is 91.0 Å². The normalized spacial score (nSPS) is 14.8. The number of imidazole rings is 1. The number of nitrogens with one attached hydrogen (secondary N) is 1. The van der Waals surface area contributed by atoms with Crippen molar-refractivity contribution < 1.29 is 9.59 Å². The van der Waals surface area contributed by atoms with Crippen molar-refractivity contribution in [1.82, 2.24) is 19.8 Å². The summed E-state index contributed by atoms with van der Waals surface area (Å²) in [5.41, 5.74) is 0.644. The number of hydrogen-bond acceptors (Lipinski definition) is 4. The molecule has 1 N–H and O–H groups in total. The van der Waals surface area contributed by atoms with Crippen LogP contribution in [-0.4, -0.2) is 45.4 Å². The van der Waals surface area contributed by atoms with E-state index in [-0.39, 0.29) is 30.2 Å². The second kappa shape index (κ2) is 7.62. The SMILES string of the molecule is N#Cc1nccn1CC(=O)N1CCC(NC(=O)c2ccccc2)CC1. The third kappa shape index (κ3) is 4.04. The molecule has 0 atom stereocenters. The van der Waals surface area contributed by atoms with Gasteiger partial charge in [0.2, 0.25) is 11.7 Å². The Morgan fingerprint density at radius 3 is 2.64 bits per heavy atom. The smallest absolute Gasteiger partial charge is 0.251 e. The van der Waals surface area contributed by atoms with Crippen LogP contribution in [0.2, 0.25) is 0 Å². The number of benzene rings is 1. The maximum absolute atomic E-state index is 12.4. The van der Waals surface area contributed by atoms with Crippen LogP contribution >= 0.6 is 0 Å². The minimum absolute atomic E-state index is 0.0395. The highest BCUT2D eigenvalue weighted by atomic mass is 16.2. The zero-order valence-corrected chi connectivity index (χ0v) is 13.8. The summed E-state index contributed by atoms with van der Waals surface area (Å²) in [6, 6.07) is 11.1. The lowest BCUT2D eigenvalue weighted by molar-refractivity contribution is -0.132. The summed E-state index contributed by atoms with van der Waals surface area (Å²) >= 11 is 0. The zero-order valence-electron chi connectivity index (χ0n) is 13.8. The lowest BCUT2D eigenvalue weighted by Crippen LogP contribution is -2.47. The van der Waals surface area contributed by atoms with Gasteiger partial charge >= 0.3 is 0 Å². The fourth-order valence-electron chi connectivity index (χ4n) is 2.93. The number of piperidine rings is 1. The first kappa shape index (κ1) is 16.7. The van der Waals surface area contributed by atoms with E-state index in [1.807, 2.05) is 24.3 Å². The van der Waals surface area contributed by atoms with Crippen molar-refractivity contribution in [3.63, 3.8) is 0 Å². The first-order valence-corrected chi connectivity index (χ1v) is 8.22. The molecule has 1 saturated heterocycles. The summed E-state index contributed by atoms with van der Waals surface area (Å²) in [5, 5.41) is 12.0. The molecule has 0 saturated carbocycles. The number of amides is 2. The molecule has 7 nitrogen and oxygen atoms in total. The Morgan fingerprint density at radius 2 is 1.96 bits per heavy atom. The lowest BCUT2D eigenvalue weighted by atomic mass is 10.0. The maximum atomic E-state index is 12.4. The standard InChI is InChI=1S/C18H19N5O2/c19-12-16-20-8-11-23(16)13-17(24)22-9-6-15(7-10-22)21-18(25)14-4-2-1-3-5-14/h1-5,8,11,15H,6-7,9-10,13H2,(H,21,25). The van der Waals surface area contributed by atoms with Crippen molar-refractivity contribution in [2.24, 2.45) is 0 Å². The molecule has 0 bridgehead atoms. The van der Waals surface area contributed by atoms with E-state index in [0.29, 0.717) is 18.7 Å². The summed E-state index contributed by atoms with van der Waals surface area (Å²) in [6.07, 6.45) is 4.58. The van der Waals surface area contributed by atoms with Crippen molar-refractivity contribution in [2.75, 3.05) is 13.1 Å². The second-order valence-electron chi connectivity index (χ2n) is 5.99. The van der Waals surface area contributed by atoms with E-state index < -0.39 is 0 Å². The van der Waals surface area contributed by atoms with E-state index in [1.54, 1.807) is 27.8 Å². The first-order chi connectivity index (χ1) is 12.2. The highest BCUT2D eigenvalue weighted by molar-refractivity contribution is 5.94. The fourth-order valence-corrected chi connectivity index (χ4v) is 2.93. The summed E-state index contributed by atoms with van der Waals surface area (Å²) < 4.78 is 1.55. The number of nitriles is 1. The molecule has 7 heteroatoms. The highest BCUT2D eigenvalue weighted by Gasteiger charge is 2.24. The minimum Gasteiger partial charge on any atom is -0.349 e. The van der Waals surface area contributed by atoms with E-state index in [4.69, 9.17) is 5.26 Å². The number of hydrogen-bond donors (Lipinski definition) is 1. The van der Waals surface area contributed by atoms with Crippen LogP contribution in [0.4, 0.5) is 0 Å². The van der Waals surface area contributed by atoms with Gasteiger partial charge in [-0.25, -0.2) is 4.98 Å². The number of rotatable bonds is 4. The Labute approximate surface area is 145 Å². The Bertz CT molecular complexity index is 785. The van der Waals surface area contributed by atoms with Crippen LogP contribution < -0.4 is 5.32 Å². The van der Waals surface area contributed by atoms with Crippen molar-refractivity contribution in [2.45, 2.75) is 25.4 Å². The minimum atomic E-state index is -0.0811. The van der Waals surface area contributed by atoms with Gasteiger partial charge in [-0.2, -0.15) is 5.26 Å². The maximum Gasteiger partial charge on any atom is 0.251 e. The van der Waals surface area contributed by atoms with Gasteiger partial charge in [-0.15, -0.1) is 0 Å². The van der Waals surface area contributed by atoms with Crippen molar-refractivity contribution in [3.05, 3.63) is 54.1 Å². The molecule has 25 heavy (non-hydrogen) atoms. The second-order valence-corrected chi connectivity index (χ2v) is 5.99. The Balaban J connectivity index is 1.49. The molecule has 2 aromatic rings. The van der Waals surface area contributed by atoms with Crippen LogP contribution in [0.15, 0.2) is 42.7 Å². The highest BCUT2D eigenvalue weighted by Crippen LogP contribution is 2.12. The van der Waals surface area contributed by atoms with Crippen LogP contribution in [0.25, 0.3) is 0 Å². The largest absolute Gasteiger partial charge is 0.349 e. The molecule has 0 aliphatic carbocycles. The van der Waals surface area contributed by atoms with Gasteiger partial charge in [0.1, 0.15) is 12.6 Å². The summed E-state index contributed by atoms with van der Waals surface area (Å²) in [6.45, 7) is 1.30. The lowest BCUT2D eigenvalue weighted by Gasteiger charge is -2.32. The number of carbonyl (C=O) groups excluding carboxylic acids is 2. The molecule has 1 aromatic carbocycles. The van der Waals surface area contributed by atoms with E-state index in [0.717, 1.165) is 12.8 Å². The third-order valence-electron chi connectivity index (χ3n) is 4.34. The molecular weight excluding hydrogens is 318 g/mol. The monoisotopic (exact) mass is 337 g/mol. The van der Waals surface area contributed by atoms with Crippen molar-refractivity contribution in [3.8, 4) is 6.07 Å². The van der Waals surface area contributed by atoms with Gasteiger partial charge in [-0.05, 0) is 25.0 Å². The summed E-state index contributed by atoms with van der Waals surface area (Å²) in [5.74, 6) is 0.114. The summed E-state index contributed by atoms with van der Waals surface area (Å²) in [4.78, 5) is 30.2. The Hall–Kier alpha value is -3.14. The quantitative estimate of drug-likeness (QED) is 0.907. The molecule has 0 unspecified atom stereocenters. The molecule has 1 aromatic heterocycles. The average Bonchev–Trinajstić information content (AvgIpc) is 3.10. The Morgan fingerprint density at radius 1 is 1.24 bits per heavy atom. The van der Waals surface area contributed by atoms with Gasteiger partial charge in [0, 0.05) is 37.1 Å². The summed E-state index contributed by atoms with van der Waals surface area (Å²) in [7, 11) is 0. The van der Waals surface area contributed by atoms with Gasteiger partial charge in [-0.1, -0.05) is 18.2 Å². The number of carbonyl (C=O) groups is 2. The molecule has 128 valence electrons. The van der Waals surface area contributed by atoms with Gasteiger partial charge in [0.15, 0.2) is 0 Å². The molecule has 0 spiro atoms. The molecular formula is C18H19N5O2. The third-order valence-corrected chi connectivity index (χ3v) is 4.34. The average molecular weight is 337 g/mol. The van der Waals surface area contributed by atoms with E-state index >= 15 is 0 Å². The van der Waals surface area contributed by atoms with Crippen LogP contribution in [-0.2, 0) is 11.3 Å². The van der Waals surface area contributed by atoms with Gasteiger partial charge in [-0.3, -0.25) is 9.59 Å². The number of likely N-dealkylation sites (tertiary alicyclic amines) is 1. The van der Waals surface area contributed by atoms with Crippen molar-refractivity contribution in [1.29, 1.82) is 5.26 Å². The molecule has 1 aliphatic rings. The van der Waals surface area contributed by atoms with E-state index in [2.05, 4.69) is 10.3 Å². The van der Waals surface area contributed by atoms with Crippen LogP contribution in [0, 0.1) is 11.3 Å².